The molecule has 0 saturated carbocycles. The maximum Gasteiger partial charge on any atom is 0.338 e. The Bertz CT molecular complexity index is 1330. The number of unbranched alkanes of at least 4 members (excludes halogenated alkanes) is 1. The Morgan fingerprint density at radius 1 is 1.10 bits per heavy atom. The predicted molar refractivity (Wildman–Crippen MR) is 154 cm³/mol. The van der Waals surface area contributed by atoms with E-state index in [2.05, 4.69) is 31.3 Å². The summed E-state index contributed by atoms with van der Waals surface area (Å²) >= 11 is 1.61. The van der Waals surface area contributed by atoms with E-state index in [1.807, 2.05) is 58.0 Å². The normalized spacial score (nSPS) is 14.7. The lowest BCUT2D eigenvalue weighted by Gasteiger charge is -2.29. The summed E-state index contributed by atoms with van der Waals surface area (Å²) in [6, 6.07) is 13.4. The average Bonchev–Trinajstić information content (AvgIpc) is 3.30. The van der Waals surface area contributed by atoms with Gasteiger partial charge in [-0.2, -0.15) is 4.98 Å². The van der Waals surface area contributed by atoms with Gasteiger partial charge in [0.15, 0.2) is 11.5 Å². The third kappa shape index (κ3) is 6.76. The zero-order valence-electron chi connectivity index (χ0n) is 23.6. The van der Waals surface area contributed by atoms with Crippen molar-refractivity contribution in [2.45, 2.75) is 78.3 Å². The van der Waals surface area contributed by atoms with Gasteiger partial charge in [0.05, 0.1) is 18.3 Å². The largest absolute Gasteiger partial charge is 0.490 e. The smallest absolute Gasteiger partial charge is 0.338 e. The molecule has 1 aliphatic heterocycles. The highest BCUT2D eigenvalue weighted by molar-refractivity contribution is 7.99. The second kappa shape index (κ2) is 13.1. The van der Waals surface area contributed by atoms with Crippen LogP contribution < -0.4 is 14.8 Å². The van der Waals surface area contributed by atoms with Gasteiger partial charge in [-0.25, -0.2) is 9.48 Å². The maximum atomic E-state index is 13.4. The molecule has 2 heterocycles. The summed E-state index contributed by atoms with van der Waals surface area (Å²) in [7, 11) is 0. The number of anilines is 1. The minimum absolute atomic E-state index is 0.257. The van der Waals surface area contributed by atoms with E-state index in [0.717, 1.165) is 29.7 Å². The summed E-state index contributed by atoms with van der Waals surface area (Å²) in [6.07, 6.45) is 1.93. The van der Waals surface area contributed by atoms with Crippen LogP contribution in [0.25, 0.3) is 0 Å². The first-order valence-electron chi connectivity index (χ1n) is 13.5. The third-order valence-corrected chi connectivity index (χ3v) is 7.28. The molecule has 3 aromatic rings. The van der Waals surface area contributed by atoms with Gasteiger partial charge in [0.2, 0.25) is 11.1 Å². The molecule has 9 heteroatoms. The summed E-state index contributed by atoms with van der Waals surface area (Å²) in [4.78, 5) is 18.1. The lowest BCUT2D eigenvalue weighted by molar-refractivity contribution is -0.143. The van der Waals surface area contributed by atoms with Crippen LogP contribution >= 0.6 is 11.8 Å². The van der Waals surface area contributed by atoms with Gasteiger partial charge < -0.3 is 19.5 Å². The van der Waals surface area contributed by atoms with E-state index in [9.17, 15) is 4.79 Å². The Hall–Kier alpha value is -3.46. The molecule has 1 unspecified atom stereocenters. The second-order valence-electron chi connectivity index (χ2n) is 9.74. The number of hydrogen-bond acceptors (Lipinski definition) is 8. The predicted octanol–water partition coefficient (Wildman–Crippen LogP) is 6.70. The topological polar surface area (TPSA) is 87.5 Å². The van der Waals surface area contributed by atoms with Crippen LogP contribution in [-0.4, -0.2) is 39.2 Å². The Kier molecular flexibility index (Phi) is 9.56. The van der Waals surface area contributed by atoms with E-state index < -0.39 is 6.04 Å². The molecule has 1 aromatic heterocycles. The molecule has 0 amide bonds. The molecule has 0 spiro atoms. The van der Waals surface area contributed by atoms with Gasteiger partial charge >= 0.3 is 5.97 Å². The number of rotatable bonds is 12. The van der Waals surface area contributed by atoms with E-state index in [-0.39, 0.29) is 12.1 Å². The first kappa shape index (κ1) is 28.5. The highest BCUT2D eigenvalue weighted by Crippen LogP contribution is 2.40. The number of nitrogens with one attached hydrogen (secondary N) is 1. The number of ether oxygens (including phenoxy) is 3. The molecule has 208 valence electrons. The lowest BCUT2D eigenvalue weighted by Crippen LogP contribution is -2.30. The van der Waals surface area contributed by atoms with Crippen molar-refractivity contribution in [3.8, 4) is 11.5 Å². The van der Waals surface area contributed by atoms with Crippen molar-refractivity contribution in [1.29, 1.82) is 0 Å². The van der Waals surface area contributed by atoms with Crippen molar-refractivity contribution in [3.05, 3.63) is 70.4 Å². The summed E-state index contributed by atoms with van der Waals surface area (Å²) in [5, 5.41) is 8.74. The number of aromatic nitrogens is 3. The number of nitrogens with zero attached hydrogens (tertiary/aromatic N) is 3. The van der Waals surface area contributed by atoms with Crippen LogP contribution in [-0.2, 0) is 16.1 Å². The van der Waals surface area contributed by atoms with Crippen molar-refractivity contribution in [3.63, 3.8) is 0 Å². The maximum absolute atomic E-state index is 13.4. The number of carbonyl (C=O) groups excluding carboxylic acids is 1. The second-order valence-corrected chi connectivity index (χ2v) is 10.8. The minimum Gasteiger partial charge on any atom is -0.490 e. The fraction of sp³-hybridized carbons (Fsp3) is 0.433. The first-order valence-corrected chi connectivity index (χ1v) is 14.5. The van der Waals surface area contributed by atoms with Gasteiger partial charge in [-0.3, -0.25) is 0 Å². The molecule has 39 heavy (non-hydrogen) atoms. The Balaban J connectivity index is 1.72. The van der Waals surface area contributed by atoms with Crippen molar-refractivity contribution >= 4 is 23.7 Å². The number of esters is 1. The summed E-state index contributed by atoms with van der Waals surface area (Å²) in [5.41, 5.74) is 4.28. The Morgan fingerprint density at radius 2 is 1.90 bits per heavy atom. The van der Waals surface area contributed by atoms with Gasteiger partial charge in [0.25, 0.3) is 0 Å². The van der Waals surface area contributed by atoms with Crippen LogP contribution in [0.4, 0.5) is 5.95 Å². The molecule has 0 saturated heterocycles. The summed E-state index contributed by atoms with van der Waals surface area (Å²) in [6.45, 7) is 12.6. The summed E-state index contributed by atoms with van der Waals surface area (Å²) in [5.74, 6) is 2.38. The SMILES string of the molecule is CCCCSc1nc2n(n1)C(c1ccc(OCc3ccccc3C)c(OCC)c1)C(C(=O)OC(C)C)=C(C)N2. The number of carbonyl (C=O) groups is 1. The molecular formula is C30H38N4O4S. The zero-order chi connectivity index (χ0) is 27.9. The number of hydrogen-bond donors (Lipinski definition) is 1. The highest BCUT2D eigenvalue weighted by atomic mass is 32.2. The van der Waals surface area contributed by atoms with Crippen LogP contribution in [0.2, 0.25) is 0 Å². The van der Waals surface area contributed by atoms with Crippen molar-refractivity contribution in [1.82, 2.24) is 14.8 Å². The van der Waals surface area contributed by atoms with Crippen molar-refractivity contribution < 1.29 is 19.0 Å². The van der Waals surface area contributed by atoms with Gasteiger partial charge in [-0.05, 0) is 69.9 Å². The zero-order valence-corrected chi connectivity index (χ0v) is 24.4. The van der Waals surface area contributed by atoms with Crippen molar-refractivity contribution in [2.24, 2.45) is 0 Å². The molecule has 0 aliphatic carbocycles. The molecule has 4 rings (SSSR count). The van der Waals surface area contributed by atoms with Gasteiger partial charge in [0, 0.05) is 11.4 Å². The molecule has 0 radical (unpaired) electrons. The molecule has 1 atom stereocenters. The molecule has 2 aromatic carbocycles. The molecule has 1 N–H and O–H groups in total. The number of allylic oxidation sites excluding steroid dienone is 1. The molecular weight excluding hydrogens is 512 g/mol. The van der Waals surface area contributed by atoms with E-state index in [1.54, 1.807) is 16.4 Å². The van der Waals surface area contributed by atoms with Gasteiger partial charge in [-0.15, -0.1) is 5.10 Å². The van der Waals surface area contributed by atoms with Gasteiger partial charge in [-0.1, -0.05) is 55.4 Å². The quantitative estimate of drug-likeness (QED) is 0.151. The van der Waals surface area contributed by atoms with E-state index in [1.165, 1.54) is 5.56 Å². The molecule has 0 fully saturated rings. The average molecular weight is 551 g/mol. The van der Waals surface area contributed by atoms with E-state index >= 15 is 0 Å². The summed E-state index contributed by atoms with van der Waals surface area (Å²) < 4.78 is 19.6. The number of aryl methyl sites for hydroxylation is 1. The molecule has 8 nitrogen and oxygen atoms in total. The van der Waals surface area contributed by atoms with Crippen molar-refractivity contribution in [2.75, 3.05) is 17.7 Å². The Labute approximate surface area is 235 Å². The van der Waals surface area contributed by atoms with E-state index in [0.29, 0.717) is 47.1 Å². The van der Waals surface area contributed by atoms with E-state index in [4.69, 9.17) is 24.3 Å². The van der Waals surface area contributed by atoms with Crippen LogP contribution in [0.1, 0.15) is 70.2 Å². The van der Waals surface area contributed by atoms with Gasteiger partial charge in [0.1, 0.15) is 12.6 Å². The first-order chi connectivity index (χ1) is 18.8. The monoisotopic (exact) mass is 550 g/mol. The van der Waals surface area contributed by atoms with Crippen LogP contribution in [0.5, 0.6) is 11.5 Å². The van der Waals surface area contributed by atoms with Crippen LogP contribution in [0.15, 0.2) is 58.9 Å². The minimum atomic E-state index is -0.537. The van der Waals surface area contributed by atoms with Crippen LogP contribution in [0.3, 0.4) is 0 Å². The number of thioether (sulfide) groups is 1. The highest BCUT2D eigenvalue weighted by Gasteiger charge is 2.36. The number of fused-ring (bicyclic) bond motifs is 1. The number of benzene rings is 2. The fourth-order valence-corrected chi connectivity index (χ4v) is 5.27. The Morgan fingerprint density at radius 3 is 2.62 bits per heavy atom. The molecule has 0 bridgehead atoms. The fourth-order valence-electron chi connectivity index (χ4n) is 4.36. The molecule has 1 aliphatic rings. The third-order valence-electron chi connectivity index (χ3n) is 6.35. The lowest BCUT2D eigenvalue weighted by atomic mass is 9.95. The van der Waals surface area contributed by atoms with Crippen LogP contribution in [0, 0.1) is 6.92 Å². The standard InChI is InChI=1S/C30H38N4O4S/c1-7-9-16-39-30-32-29-31-21(6)26(28(35)38-19(3)4)27(34(29)33-30)22-14-15-24(25(17-22)36-8-2)37-18-23-13-11-10-12-20(23)5/h10-15,17,19,27H,7-9,16,18H2,1-6H3,(H,31,32,33).